The van der Waals surface area contributed by atoms with Crippen molar-refractivity contribution in [2.75, 3.05) is 13.1 Å². The van der Waals surface area contributed by atoms with Crippen LogP contribution in [0.15, 0.2) is 18.2 Å². The Hall–Kier alpha value is -1.07. The first-order chi connectivity index (χ1) is 8.75. The first kappa shape index (κ1) is 14.3. The van der Waals surface area contributed by atoms with Gasteiger partial charge in [-0.3, -0.25) is 4.90 Å². The van der Waals surface area contributed by atoms with E-state index in [1.165, 1.54) is 12.1 Å². The second-order valence-electron chi connectivity index (χ2n) is 5.46. The van der Waals surface area contributed by atoms with Crippen LogP contribution >= 0.6 is 0 Å². The topological polar surface area (TPSA) is 23.5 Å². The Labute approximate surface area is 110 Å². The molecule has 0 radical (unpaired) electrons. The number of alkyl halides is 3. The minimum atomic E-state index is -4.31. The minimum Gasteiger partial charge on any atom is -0.390 e. The molecule has 1 heterocycles. The van der Waals surface area contributed by atoms with Gasteiger partial charge in [-0.05, 0) is 29.2 Å². The number of hydrogen-bond acceptors (Lipinski definition) is 2. The molecule has 1 aliphatic rings. The van der Waals surface area contributed by atoms with E-state index in [9.17, 15) is 18.3 Å². The van der Waals surface area contributed by atoms with Crippen molar-refractivity contribution in [3.05, 3.63) is 34.9 Å². The normalized spacial score (nSPS) is 17.8. The molecule has 1 fully saturated rings. The fraction of sp³-hybridized carbons (Fsp3) is 0.571. The van der Waals surface area contributed by atoms with Gasteiger partial charge >= 0.3 is 6.18 Å². The van der Waals surface area contributed by atoms with Gasteiger partial charge in [0.25, 0.3) is 0 Å². The molecule has 0 spiro atoms. The average Bonchev–Trinajstić information content (AvgIpc) is 2.25. The highest BCUT2D eigenvalue weighted by Crippen LogP contribution is 2.32. The lowest BCUT2D eigenvalue weighted by atomic mass is 9.96. The Morgan fingerprint density at radius 1 is 1.26 bits per heavy atom. The number of halogens is 3. The van der Waals surface area contributed by atoms with Gasteiger partial charge in [0, 0.05) is 19.6 Å². The molecule has 5 heteroatoms. The van der Waals surface area contributed by atoms with Gasteiger partial charge in [-0.15, -0.1) is 0 Å². The summed E-state index contributed by atoms with van der Waals surface area (Å²) in [6.45, 7) is 5.29. The van der Waals surface area contributed by atoms with Crippen molar-refractivity contribution in [3.63, 3.8) is 0 Å². The highest BCUT2D eigenvalue weighted by molar-refractivity contribution is 5.33. The quantitative estimate of drug-likeness (QED) is 0.915. The van der Waals surface area contributed by atoms with Crippen molar-refractivity contribution in [1.29, 1.82) is 0 Å². The standard InChI is InChI=1S/C14H18F3NO/c1-9(2)11-3-10(6-18-7-13(19)8-18)4-12(5-11)14(15,16)17/h3-5,9,13,19H,6-8H2,1-2H3. The van der Waals surface area contributed by atoms with E-state index in [1.54, 1.807) is 0 Å². The molecule has 0 atom stereocenters. The van der Waals surface area contributed by atoms with Gasteiger partial charge < -0.3 is 5.11 Å². The van der Waals surface area contributed by atoms with E-state index in [2.05, 4.69) is 0 Å². The minimum absolute atomic E-state index is 0.0584. The molecule has 19 heavy (non-hydrogen) atoms. The van der Waals surface area contributed by atoms with Crippen molar-refractivity contribution >= 4 is 0 Å². The van der Waals surface area contributed by atoms with E-state index in [0.717, 1.165) is 0 Å². The molecule has 1 aliphatic heterocycles. The van der Waals surface area contributed by atoms with Crippen molar-refractivity contribution in [3.8, 4) is 0 Å². The molecule has 1 aromatic carbocycles. The molecule has 2 rings (SSSR count). The third kappa shape index (κ3) is 3.48. The van der Waals surface area contributed by atoms with Gasteiger partial charge in [-0.2, -0.15) is 13.2 Å². The van der Waals surface area contributed by atoms with Crippen LogP contribution in [0.25, 0.3) is 0 Å². The van der Waals surface area contributed by atoms with E-state index in [1.807, 2.05) is 24.8 Å². The first-order valence-electron chi connectivity index (χ1n) is 6.37. The predicted octanol–water partition coefficient (Wildman–Crippen LogP) is 3.01. The lowest BCUT2D eigenvalue weighted by Gasteiger charge is -2.36. The van der Waals surface area contributed by atoms with Gasteiger partial charge in [0.1, 0.15) is 0 Å². The highest BCUT2D eigenvalue weighted by Gasteiger charge is 2.32. The maximum Gasteiger partial charge on any atom is 0.416 e. The fourth-order valence-corrected chi connectivity index (χ4v) is 2.24. The maximum atomic E-state index is 12.9. The Bertz CT molecular complexity index is 450. The summed E-state index contributed by atoms with van der Waals surface area (Å²) in [5, 5.41) is 9.20. The first-order valence-corrected chi connectivity index (χ1v) is 6.37. The summed E-state index contributed by atoms with van der Waals surface area (Å²) in [5.41, 5.74) is 0.770. The van der Waals surface area contributed by atoms with Crippen molar-refractivity contribution in [2.24, 2.45) is 0 Å². The van der Waals surface area contributed by atoms with E-state index in [0.29, 0.717) is 30.8 Å². The van der Waals surface area contributed by atoms with Crippen LogP contribution in [-0.4, -0.2) is 29.2 Å². The second-order valence-corrected chi connectivity index (χ2v) is 5.46. The monoisotopic (exact) mass is 273 g/mol. The summed E-state index contributed by atoms with van der Waals surface area (Å²) in [4.78, 5) is 1.93. The summed E-state index contributed by atoms with van der Waals surface area (Å²) >= 11 is 0. The fourth-order valence-electron chi connectivity index (χ4n) is 2.24. The number of aliphatic hydroxyl groups is 1. The summed E-state index contributed by atoms with van der Waals surface area (Å²) < 4.78 is 38.6. The van der Waals surface area contributed by atoms with Gasteiger partial charge in [0.05, 0.1) is 11.7 Å². The number of nitrogens with zero attached hydrogens (tertiary/aromatic N) is 1. The van der Waals surface area contributed by atoms with Crippen LogP contribution in [0.3, 0.4) is 0 Å². The molecular formula is C14H18F3NO. The zero-order chi connectivity index (χ0) is 14.2. The van der Waals surface area contributed by atoms with Gasteiger partial charge in [-0.1, -0.05) is 19.9 Å². The summed E-state index contributed by atoms with van der Waals surface area (Å²) in [5.74, 6) is 0.0584. The molecule has 1 aromatic rings. The Balaban J connectivity index is 2.24. The van der Waals surface area contributed by atoms with Crippen LogP contribution in [0.1, 0.15) is 36.5 Å². The number of β-amino-alcohol motifs (C(OH)–C–C–N with tert-alkyl or cyclic N) is 1. The number of benzene rings is 1. The Morgan fingerprint density at radius 2 is 1.89 bits per heavy atom. The number of rotatable bonds is 3. The zero-order valence-corrected chi connectivity index (χ0v) is 11.0. The maximum absolute atomic E-state index is 12.9. The highest BCUT2D eigenvalue weighted by atomic mass is 19.4. The number of aliphatic hydroxyl groups excluding tert-OH is 1. The van der Waals surface area contributed by atoms with Gasteiger partial charge in [0.2, 0.25) is 0 Å². The van der Waals surface area contributed by atoms with Crippen molar-refractivity contribution < 1.29 is 18.3 Å². The van der Waals surface area contributed by atoms with Crippen molar-refractivity contribution in [1.82, 2.24) is 4.90 Å². The average molecular weight is 273 g/mol. The third-order valence-electron chi connectivity index (χ3n) is 3.35. The van der Waals surface area contributed by atoms with Crippen LogP contribution in [0, 0.1) is 0 Å². The predicted molar refractivity (Wildman–Crippen MR) is 66.8 cm³/mol. The van der Waals surface area contributed by atoms with Crippen LogP contribution in [0.5, 0.6) is 0 Å². The lowest BCUT2D eigenvalue weighted by molar-refractivity contribution is -0.137. The van der Waals surface area contributed by atoms with Crippen LogP contribution in [0.4, 0.5) is 13.2 Å². The van der Waals surface area contributed by atoms with E-state index >= 15 is 0 Å². The molecule has 0 bridgehead atoms. The molecule has 1 saturated heterocycles. The van der Waals surface area contributed by atoms with E-state index in [-0.39, 0.29) is 12.0 Å². The van der Waals surface area contributed by atoms with Gasteiger partial charge in [0.15, 0.2) is 0 Å². The summed E-state index contributed by atoms with van der Waals surface area (Å²) in [6, 6.07) is 4.25. The molecular weight excluding hydrogens is 255 g/mol. The zero-order valence-electron chi connectivity index (χ0n) is 11.0. The number of likely N-dealkylation sites (tertiary alicyclic amines) is 1. The van der Waals surface area contributed by atoms with Crippen LogP contribution < -0.4 is 0 Å². The Morgan fingerprint density at radius 3 is 2.37 bits per heavy atom. The van der Waals surface area contributed by atoms with E-state index in [4.69, 9.17) is 0 Å². The molecule has 106 valence electrons. The van der Waals surface area contributed by atoms with E-state index < -0.39 is 11.7 Å². The summed E-state index contributed by atoms with van der Waals surface area (Å²) in [7, 11) is 0. The van der Waals surface area contributed by atoms with Crippen molar-refractivity contribution in [2.45, 2.75) is 38.6 Å². The molecule has 0 aromatic heterocycles. The molecule has 2 nitrogen and oxygen atoms in total. The number of hydrogen-bond donors (Lipinski definition) is 1. The molecule has 0 aliphatic carbocycles. The molecule has 0 unspecified atom stereocenters. The second kappa shape index (κ2) is 5.13. The molecule has 1 N–H and O–H groups in total. The molecule has 0 amide bonds. The summed E-state index contributed by atoms with van der Waals surface area (Å²) in [6.07, 6.45) is -4.65. The van der Waals surface area contributed by atoms with Crippen LogP contribution in [0.2, 0.25) is 0 Å². The SMILES string of the molecule is CC(C)c1cc(CN2CC(O)C2)cc(C(F)(F)F)c1. The van der Waals surface area contributed by atoms with Crippen LogP contribution in [-0.2, 0) is 12.7 Å². The largest absolute Gasteiger partial charge is 0.416 e. The lowest BCUT2D eigenvalue weighted by Crippen LogP contribution is -2.49. The smallest absolute Gasteiger partial charge is 0.390 e. The third-order valence-corrected chi connectivity index (χ3v) is 3.35. The van der Waals surface area contributed by atoms with Gasteiger partial charge in [-0.25, -0.2) is 0 Å². The molecule has 0 saturated carbocycles. The Kier molecular flexibility index (Phi) is 3.87.